The van der Waals surface area contributed by atoms with Crippen LogP contribution >= 0.6 is 7.82 Å². The molecule has 0 aliphatic carbocycles. The highest BCUT2D eigenvalue weighted by atomic mass is 31.2. The summed E-state index contributed by atoms with van der Waals surface area (Å²) in [5.41, 5.74) is 0. The van der Waals surface area contributed by atoms with Crippen LogP contribution in [0.25, 0.3) is 0 Å². The molecule has 7 nitrogen and oxygen atoms in total. The fourth-order valence-corrected chi connectivity index (χ4v) is 6.71. The molecule has 0 rings (SSSR count). The molecule has 0 aliphatic rings. The van der Waals surface area contributed by atoms with E-state index in [1.54, 1.807) is 6.08 Å². The number of aliphatic hydroxyl groups is 1. The molecule has 0 bridgehead atoms. The Balaban J connectivity index is 4.26. The molecule has 0 aromatic rings. The fourth-order valence-electron chi connectivity index (χ4n) is 5.88. The molecular formula is C39H78NO6P. The quantitative estimate of drug-likeness (QED) is 0.0341. The Morgan fingerprint density at radius 3 is 1.45 bits per heavy atom. The lowest BCUT2D eigenvalue weighted by Crippen LogP contribution is -2.45. The molecule has 280 valence electrons. The number of hydrogen-bond acceptors (Lipinski definition) is 5. The van der Waals surface area contributed by atoms with Crippen LogP contribution in [0.4, 0.5) is 0 Å². The third kappa shape index (κ3) is 33.5. The fraction of sp³-hybridized carbons (Fsp3) is 0.923. The molecule has 0 radical (unpaired) electrons. The van der Waals surface area contributed by atoms with Gasteiger partial charge in [-0.05, 0) is 25.7 Å². The number of rotatable bonds is 37. The second-order valence-electron chi connectivity index (χ2n) is 13.7. The predicted octanol–water partition coefficient (Wildman–Crippen LogP) is 11.9. The van der Waals surface area contributed by atoms with Gasteiger partial charge >= 0.3 is 7.82 Å². The van der Waals surface area contributed by atoms with Crippen molar-refractivity contribution < 1.29 is 28.4 Å². The number of carbonyl (C=O) groups excluding carboxylic acids is 1. The van der Waals surface area contributed by atoms with E-state index in [9.17, 15) is 19.4 Å². The van der Waals surface area contributed by atoms with Crippen molar-refractivity contribution in [3.05, 3.63) is 12.2 Å². The van der Waals surface area contributed by atoms with Gasteiger partial charge in [-0.15, -0.1) is 0 Å². The molecule has 1 amide bonds. The minimum Gasteiger partial charge on any atom is -0.387 e. The number of aliphatic hydroxyl groups excluding tert-OH is 1. The largest absolute Gasteiger partial charge is 0.472 e. The first-order valence-electron chi connectivity index (χ1n) is 20.1. The highest BCUT2D eigenvalue weighted by molar-refractivity contribution is 7.47. The maximum atomic E-state index is 12.7. The third-order valence-electron chi connectivity index (χ3n) is 8.95. The second-order valence-corrected chi connectivity index (χ2v) is 15.2. The van der Waals surface area contributed by atoms with E-state index in [1.807, 2.05) is 13.0 Å². The SMILES string of the molecule is CCCCCCCCCCCCC/C=C/[C@@H](O)[C@H](COP(=O)(O)OCCC)NC(=O)CCCCCCCCCCCCCCCCC. The van der Waals surface area contributed by atoms with Crippen LogP contribution in [0.15, 0.2) is 12.2 Å². The topological polar surface area (TPSA) is 105 Å². The van der Waals surface area contributed by atoms with Gasteiger partial charge in [-0.1, -0.05) is 187 Å². The number of hydrogen-bond donors (Lipinski definition) is 3. The summed E-state index contributed by atoms with van der Waals surface area (Å²) < 4.78 is 22.3. The van der Waals surface area contributed by atoms with E-state index in [0.717, 1.165) is 32.1 Å². The molecule has 8 heteroatoms. The van der Waals surface area contributed by atoms with Gasteiger partial charge in [-0.3, -0.25) is 13.8 Å². The molecule has 0 aliphatic heterocycles. The van der Waals surface area contributed by atoms with Crippen molar-refractivity contribution in [3.8, 4) is 0 Å². The average Bonchev–Trinajstić information content (AvgIpc) is 3.05. The highest BCUT2D eigenvalue weighted by Gasteiger charge is 2.26. The van der Waals surface area contributed by atoms with Crippen LogP contribution in [-0.2, 0) is 18.4 Å². The van der Waals surface area contributed by atoms with Crippen LogP contribution in [0, 0.1) is 0 Å². The van der Waals surface area contributed by atoms with Crippen molar-refractivity contribution in [1.82, 2.24) is 5.32 Å². The van der Waals surface area contributed by atoms with Gasteiger partial charge in [0.1, 0.15) is 0 Å². The zero-order valence-corrected chi connectivity index (χ0v) is 32.1. The van der Waals surface area contributed by atoms with Gasteiger partial charge in [-0.25, -0.2) is 4.57 Å². The Morgan fingerprint density at radius 2 is 1.02 bits per heavy atom. The van der Waals surface area contributed by atoms with E-state index in [2.05, 4.69) is 19.2 Å². The van der Waals surface area contributed by atoms with Crippen molar-refractivity contribution in [2.75, 3.05) is 13.2 Å². The number of nitrogens with one attached hydrogen (secondary N) is 1. The van der Waals surface area contributed by atoms with E-state index >= 15 is 0 Å². The number of phosphoric ester groups is 1. The minimum absolute atomic E-state index is 0.103. The van der Waals surface area contributed by atoms with Gasteiger partial charge in [0.25, 0.3) is 0 Å². The molecule has 47 heavy (non-hydrogen) atoms. The molecule has 3 atom stereocenters. The Hall–Kier alpha value is -0.720. The average molecular weight is 688 g/mol. The molecule has 1 unspecified atom stereocenters. The number of unbranched alkanes of at least 4 members (excludes halogenated alkanes) is 25. The van der Waals surface area contributed by atoms with E-state index in [-0.39, 0.29) is 19.1 Å². The van der Waals surface area contributed by atoms with Crippen LogP contribution < -0.4 is 5.32 Å². The summed E-state index contributed by atoms with van der Waals surface area (Å²) >= 11 is 0. The van der Waals surface area contributed by atoms with Crippen molar-refractivity contribution in [1.29, 1.82) is 0 Å². The Bertz CT molecular complexity index is 749. The Labute approximate surface area is 291 Å². The van der Waals surface area contributed by atoms with Gasteiger partial charge in [0.15, 0.2) is 0 Å². The highest BCUT2D eigenvalue weighted by Crippen LogP contribution is 2.43. The minimum atomic E-state index is -4.25. The van der Waals surface area contributed by atoms with Crippen LogP contribution in [0.3, 0.4) is 0 Å². The normalized spacial score (nSPS) is 14.4. The van der Waals surface area contributed by atoms with Crippen molar-refractivity contribution in [2.24, 2.45) is 0 Å². The zero-order chi connectivity index (χ0) is 34.7. The van der Waals surface area contributed by atoms with Crippen molar-refractivity contribution >= 4 is 13.7 Å². The summed E-state index contributed by atoms with van der Waals surface area (Å²) in [6.07, 6.45) is 37.6. The number of carbonyl (C=O) groups is 1. The zero-order valence-electron chi connectivity index (χ0n) is 31.2. The molecule has 3 N–H and O–H groups in total. The molecule has 0 fully saturated rings. The van der Waals surface area contributed by atoms with Crippen LogP contribution in [-0.4, -0.2) is 41.3 Å². The van der Waals surface area contributed by atoms with Gasteiger partial charge < -0.3 is 15.3 Å². The van der Waals surface area contributed by atoms with Crippen LogP contribution in [0.5, 0.6) is 0 Å². The van der Waals surface area contributed by atoms with Gasteiger partial charge in [-0.2, -0.15) is 0 Å². The second kappa shape index (κ2) is 35.1. The molecule has 0 heterocycles. The summed E-state index contributed by atoms with van der Waals surface area (Å²) in [5, 5.41) is 13.7. The maximum Gasteiger partial charge on any atom is 0.472 e. The smallest absolute Gasteiger partial charge is 0.387 e. The lowest BCUT2D eigenvalue weighted by Gasteiger charge is -2.23. The molecule has 0 spiro atoms. The summed E-state index contributed by atoms with van der Waals surface area (Å²) in [4.78, 5) is 22.7. The summed E-state index contributed by atoms with van der Waals surface area (Å²) in [7, 11) is -4.25. The predicted molar refractivity (Wildman–Crippen MR) is 200 cm³/mol. The van der Waals surface area contributed by atoms with E-state index in [0.29, 0.717) is 12.8 Å². The summed E-state index contributed by atoms with van der Waals surface area (Å²) in [5.74, 6) is -0.173. The number of allylic oxidation sites excluding steroid dienone is 1. The van der Waals surface area contributed by atoms with E-state index in [1.165, 1.54) is 141 Å². The van der Waals surface area contributed by atoms with Crippen LogP contribution in [0.2, 0.25) is 0 Å². The molecule has 0 aromatic carbocycles. The molecular weight excluding hydrogens is 609 g/mol. The molecule has 0 aromatic heterocycles. The van der Waals surface area contributed by atoms with E-state index in [4.69, 9.17) is 9.05 Å². The maximum absolute atomic E-state index is 12.7. The van der Waals surface area contributed by atoms with Gasteiger partial charge in [0, 0.05) is 6.42 Å². The first-order chi connectivity index (χ1) is 22.9. The molecule has 0 saturated carbocycles. The lowest BCUT2D eigenvalue weighted by atomic mass is 10.0. The van der Waals surface area contributed by atoms with Crippen molar-refractivity contribution in [3.63, 3.8) is 0 Å². The number of phosphoric acid groups is 1. The standard InChI is InChI=1S/C39H78NO6P/c1-4-7-9-11-13-15-17-19-20-22-24-26-28-30-32-34-39(42)40-37(36-46-47(43,44)45-35-6-3)38(41)33-31-29-27-25-23-21-18-16-14-12-10-8-5-2/h31,33,37-38,41H,4-30,32,34-36H2,1-3H3,(H,40,42)(H,43,44)/b33-31+/t37-,38+/m0/s1. The summed E-state index contributed by atoms with van der Waals surface area (Å²) in [6.45, 7) is 6.16. The summed E-state index contributed by atoms with van der Waals surface area (Å²) in [6, 6.07) is -0.821. The number of amides is 1. The Kier molecular flexibility index (Phi) is 34.6. The lowest BCUT2D eigenvalue weighted by molar-refractivity contribution is -0.123. The van der Waals surface area contributed by atoms with E-state index < -0.39 is 20.0 Å². The Morgan fingerprint density at radius 1 is 0.617 bits per heavy atom. The first kappa shape index (κ1) is 46.3. The third-order valence-corrected chi connectivity index (χ3v) is 9.93. The monoisotopic (exact) mass is 688 g/mol. The first-order valence-corrected chi connectivity index (χ1v) is 21.6. The van der Waals surface area contributed by atoms with Crippen LogP contribution in [0.1, 0.15) is 207 Å². The van der Waals surface area contributed by atoms with Crippen molar-refractivity contribution in [2.45, 2.75) is 219 Å². The molecule has 0 saturated heterocycles. The van der Waals surface area contributed by atoms with Gasteiger partial charge in [0.05, 0.1) is 25.4 Å². The van der Waals surface area contributed by atoms with Gasteiger partial charge in [0.2, 0.25) is 5.91 Å².